The number of ether oxygens (including phenoxy) is 1. The summed E-state index contributed by atoms with van der Waals surface area (Å²) in [7, 11) is 1.31. The van der Waals surface area contributed by atoms with Gasteiger partial charge in [-0.25, -0.2) is 14.2 Å². The zero-order valence-electron chi connectivity index (χ0n) is 13.0. The summed E-state index contributed by atoms with van der Waals surface area (Å²) in [6.07, 6.45) is 1.59. The number of nitrogens with zero attached hydrogens (tertiary/aromatic N) is 1. The molecule has 0 spiro atoms. The molecule has 2 heterocycles. The maximum absolute atomic E-state index is 12.9. The average Bonchev–Trinajstić information content (AvgIpc) is 3.19. The molecule has 2 aromatic heterocycles. The molecule has 0 unspecified atom stereocenters. The normalized spacial score (nSPS) is 10.8. The highest BCUT2D eigenvalue weighted by Crippen LogP contribution is 2.29. The topological polar surface area (TPSA) is 65.5 Å². The molecule has 0 N–H and O–H groups in total. The number of hydrogen-bond donors (Lipinski definition) is 0. The van der Waals surface area contributed by atoms with Crippen LogP contribution in [0.25, 0.3) is 11.3 Å². The van der Waals surface area contributed by atoms with Crippen LogP contribution in [-0.2, 0) is 10.5 Å². The summed E-state index contributed by atoms with van der Waals surface area (Å²) < 4.78 is 28.7. The fraction of sp³-hybridized carbons (Fsp3) is 0.176. The lowest BCUT2D eigenvalue weighted by Crippen LogP contribution is -2.00. The maximum Gasteiger partial charge on any atom is 0.374 e. The summed E-state index contributed by atoms with van der Waals surface area (Å²) in [6.45, 7) is 1.78. The minimum absolute atomic E-state index is 0.201. The van der Waals surface area contributed by atoms with Crippen LogP contribution in [0.5, 0.6) is 0 Å². The smallest absolute Gasteiger partial charge is 0.374 e. The summed E-state index contributed by atoms with van der Waals surface area (Å²) in [4.78, 5) is 15.7. The van der Waals surface area contributed by atoms with E-state index in [1.54, 1.807) is 31.3 Å². The molecule has 0 fully saturated rings. The zero-order valence-corrected chi connectivity index (χ0v) is 13.9. The van der Waals surface area contributed by atoms with Gasteiger partial charge in [-0.3, -0.25) is 0 Å². The summed E-state index contributed by atoms with van der Waals surface area (Å²) in [6, 6.07) is 7.77. The number of carbonyl (C=O) groups is 1. The van der Waals surface area contributed by atoms with Gasteiger partial charge in [0.25, 0.3) is 5.22 Å². The summed E-state index contributed by atoms with van der Waals surface area (Å²) in [5.41, 5.74) is 1.47. The number of benzene rings is 1. The summed E-state index contributed by atoms with van der Waals surface area (Å²) >= 11 is 1.34. The third kappa shape index (κ3) is 3.51. The second-order valence-electron chi connectivity index (χ2n) is 5.00. The Hall–Kier alpha value is -2.54. The van der Waals surface area contributed by atoms with E-state index in [9.17, 15) is 9.18 Å². The van der Waals surface area contributed by atoms with Gasteiger partial charge < -0.3 is 13.6 Å². The van der Waals surface area contributed by atoms with Gasteiger partial charge in [0.2, 0.25) is 5.76 Å². The van der Waals surface area contributed by atoms with Gasteiger partial charge in [-0.2, -0.15) is 0 Å². The van der Waals surface area contributed by atoms with Gasteiger partial charge in [-0.1, -0.05) is 11.8 Å². The molecule has 0 amide bonds. The van der Waals surface area contributed by atoms with E-state index in [0.717, 1.165) is 11.1 Å². The predicted molar refractivity (Wildman–Crippen MR) is 86.2 cm³/mol. The first-order valence-corrected chi connectivity index (χ1v) is 8.07. The van der Waals surface area contributed by atoms with Gasteiger partial charge in [0, 0.05) is 11.1 Å². The van der Waals surface area contributed by atoms with Crippen molar-refractivity contribution in [2.45, 2.75) is 17.9 Å². The quantitative estimate of drug-likeness (QED) is 0.501. The molecule has 5 nitrogen and oxygen atoms in total. The molecule has 0 saturated carbocycles. The van der Waals surface area contributed by atoms with E-state index in [1.165, 1.54) is 31.0 Å². The lowest BCUT2D eigenvalue weighted by molar-refractivity contribution is 0.0562. The van der Waals surface area contributed by atoms with Crippen LogP contribution in [0.1, 0.15) is 21.9 Å². The molecule has 24 heavy (non-hydrogen) atoms. The van der Waals surface area contributed by atoms with E-state index in [2.05, 4.69) is 9.72 Å². The molecule has 0 bridgehead atoms. The highest BCUT2D eigenvalue weighted by molar-refractivity contribution is 7.98. The molecule has 124 valence electrons. The van der Waals surface area contributed by atoms with E-state index >= 15 is 0 Å². The molecule has 3 aromatic rings. The zero-order chi connectivity index (χ0) is 17.1. The average molecular weight is 347 g/mol. The van der Waals surface area contributed by atoms with Crippen molar-refractivity contribution >= 4 is 17.7 Å². The minimum Gasteiger partial charge on any atom is -0.463 e. The highest BCUT2D eigenvalue weighted by atomic mass is 32.2. The van der Waals surface area contributed by atoms with E-state index < -0.39 is 5.97 Å². The van der Waals surface area contributed by atoms with Gasteiger partial charge in [0.15, 0.2) is 5.76 Å². The molecule has 0 aliphatic heterocycles. The maximum atomic E-state index is 12.9. The van der Waals surface area contributed by atoms with Gasteiger partial charge in [0.1, 0.15) is 11.6 Å². The van der Waals surface area contributed by atoms with Crippen LogP contribution >= 0.6 is 11.8 Å². The van der Waals surface area contributed by atoms with Crippen molar-refractivity contribution in [3.8, 4) is 11.3 Å². The van der Waals surface area contributed by atoms with E-state index in [1.807, 2.05) is 0 Å². The molecule has 0 atom stereocenters. The first-order valence-electron chi connectivity index (χ1n) is 7.09. The number of carbonyl (C=O) groups excluding carboxylic acids is 1. The van der Waals surface area contributed by atoms with Crippen molar-refractivity contribution in [2.75, 3.05) is 7.11 Å². The Labute approximate surface area is 141 Å². The third-order valence-corrected chi connectivity index (χ3v) is 4.16. The number of furan rings is 1. The first kappa shape index (κ1) is 16.3. The minimum atomic E-state index is -0.501. The number of aromatic nitrogens is 1. The molecule has 0 radical (unpaired) electrons. The number of halogens is 1. The molecule has 0 aliphatic rings. The van der Waals surface area contributed by atoms with Crippen molar-refractivity contribution in [2.24, 2.45) is 0 Å². The second-order valence-corrected chi connectivity index (χ2v) is 5.93. The molecule has 0 aliphatic carbocycles. The molecule has 7 heteroatoms. The Morgan fingerprint density at radius 1 is 1.29 bits per heavy atom. The number of oxazole rings is 1. The van der Waals surface area contributed by atoms with Crippen molar-refractivity contribution in [3.63, 3.8) is 0 Å². The molecule has 3 rings (SSSR count). The second kappa shape index (κ2) is 6.92. The molecule has 0 saturated heterocycles. The van der Waals surface area contributed by atoms with Gasteiger partial charge in [-0.05, 0) is 37.3 Å². The number of thioether (sulfide) groups is 1. The largest absolute Gasteiger partial charge is 0.463 e. The summed E-state index contributed by atoms with van der Waals surface area (Å²) in [5.74, 6) is 1.04. The van der Waals surface area contributed by atoms with Crippen LogP contribution in [-0.4, -0.2) is 18.1 Å². The Morgan fingerprint density at radius 2 is 2.04 bits per heavy atom. The van der Waals surface area contributed by atoms with Gasteiger partial charge in [-0.15, -0.1) is 0 Å². The monoisotopic (exact) mass is 347 g/mol. The molecular weight excluding hydrogens is 333 g/mol. The van der Waals surface area contributed by atoms with Crippen LogP contribution < -0.4 is 0 Å². The van der Waals surface area contributed by atoms with Crippen LogP contribution in [0.4, 0.5) is 4.39 Å². The first-order chi connectivity index (χ1) is 11.6. The van der Waals surface area contributed by atoms with Crippen LogP contribution in [0.3, 0.4) is 0 Å². The van der Waals surface area contributed by atoms with Crippen LogP contribution in [0.15, 0.2) is 50.6 Å². The van der Waals surface area contributed by atoms with E-state index in [4.69, 9.17) is 8.83 Å². The Morgan fingerprint density at radius 3 is 2.75 bits per heavy atom. The van der Waals surface area contributed by atoms with Gasteiger partial charge in [0.05, 0.1) is 19.1 Å². The SMILES string of the molecule is COC(=O)c1oc(CSc2ncc(-c3ccc(F)cc3)o2)cc1C. The van der Waals surface area contributed by atoms with Crippen molar-refractivity contribution in [1.82, 2.24) is 4.98 Å². The lowest BCUT2D eigenvalue weighted by Gasteiger charge is -1.96. The van der Waals surface area contributed by atoms with Gasteiger partial charge >= 0.3 is 5.97 Å². The summed E-state index contributed by atoms with van der Waals surface area (Å²) in [5, 5.41) is 0.461. The highest BCUT2D eigenvalue weighted by Gasteiger charge is 2.17. The predicted octanol–water partition coefficient (Wildman–Crippen LogP) is 4.46. The number of aryl methyl sites for hydroxylation is 1. The molecular formula is C17H14FNO4S. The van der Waals surface area contributed by atoms with E-state index in [-0.39, 0.29) is 11.6 Å². The Kier molecular flexibility index (Phi) is 4.71. The van der Waals surface area contributed by atoms with Crippen LogP contribution in [0.2, 0.25) is 0 Å². The number of hydrogen-bond acceptors (Lipinski definition) is 6. The van der Waals surface area contributed by atoms with Crippen molar-refractivity contribution in [1.29, 1.82) is 0 Å². The third-order valence-electron chi connectivity index (χ3n) is 3.29. The number of esters is 1. The Balaban J connectivity index is 1.67. The molecule has 1 aromatic carbocycles. The van der Waals surface area contributed by atoms with E-state index in [0.29, 0.717) is 22.5 Å². The standard InChI is InChI=1S/C17H14FNO4S/c1-10-7-13(22-15(10)16(20)21-2)9-24-17-19-8-14(23-17)11-3-5-12(18)6-4-11/h3-8H,9H2,1-2H3. The number of methoxy groups -OCH3 is 1. The fourth-order valence-electron chi connectivity index (χ4n) is 2.12. The Bertz CT molecular complexity index is 854. The van der Waals surface area contributed by atoms with Crippen molar-refractivity contribution in [3.05, 3.63) is 59.4 Å². The fourth-order valence-corrected chi connectivity index (χ4v) is 2.80. The lowest BCUT2D eigenvalue weighted by atomic mass is 10.2. The van der Waals surface area contributed by atoms with Crippen LogP contribution in [0, 0.1) is 12.7 Å². The van der Waals surface area contributed by atoms with Crippen molar-refractivity contribution < 1.29 is 22.8 Å². The number of rotatable bonds is 5.